The fourth-order valence-corrected chi connectivity index (χ4v) is 5.36. The highest BCUT2D eigenvalue weighted by molar-refractivity contribution is 5.86. The highest BCUT2D eigenvalue weighted by atomic mass is 15.1. The topological polar surface area (TPSA) is 57.5 Å². The van der Waals surface area contributed by atoms with Crippen molar-refractivity contribution in [3.05, 3.63) is 96.2 Å². The van der Waals surface area contributed by atoms with E-state index in [9.17, 15) is 0 Å². The molecule has 0 bridgehead atoms. The minimum absolute atomic E-state index is 0.578. The summed E-state index contributed by atoms with van der Waals surface area (Å²) in [6.45, 7) is 7.14. The molecule has 0 amide bonds. The zero-order valence-corrected chi connectivity index (χ0v) is 21.4. The van der Waals surface area contributed by atoms with Gasteiger partial charge in [0.1, 0.15) is 0 Å². The molecule has 2 aromatic heterocycles. The second-order valence-electron chi connectivity index (χ2n) is 9.90. The average Bonchev–Trinajstić information content (AvgIpc) is 3.40. The maximum atomic E-state index is 4.80. The molecule has 3 aromatic carbocycles. The Morgan fingerprint density at radius 1 is 0.865 bits per heavy atom. The van der Waals surface area contributed by atoms with E-state index in [1.54, 1.807) is 0 Å². The van der Waals surface area contributed by atoms with Gasteiger partial charge < -0.3 is 10.6 Å². The second-order valence-corrected chi connectivity index (χ2v) is 9.90. The predicted molar refractivity (Wildman–Crippen MR) is 152 cm³/mol. The van der Waals surface area contributed by atoms with Crippen LogP contribution in [0.2, 0.25) is 0 Å². The Morgan fingerprint density at radius 2 is 1.62 bits per heavy atom. The van der Waals surface area contributed by atoms with E-state index in [2.05, 4.69) is 99.7 Å². The minimum Gasteiger partial charge on any atom is -0.367 e. The number of likely N-dealkylation sites (tertiary alicyclic amines) is 1. The van der Waals surface area contributed by atoms with E-state index < -0.39 is 0 Å². The molecule has 0 atom stereocenters. The van der Waals surface area contributed by atoms with Crippen molar-refractivity contribution in [3.63, 3.8) is 0 Å². The van der Waals surface area contributed by atoms with E-state index in [4.69, 9.17) is 9.97 Å². The lowest BCUT2D eigenvalue weighted by Gasteiger charge is -2.32. The van der Waals surface area contributed by atoms with Crippen molar-refractivity contribution in [2.45, 2.75) is 38.9 Å². The molecule has 2 N–H and O–H groups in total. The van der Waals surface area contributed by atoms with Crippen LogP contribution in [-0.4, -0.2) is 44.9 Å². The number of nitrogens with one attached hydrogen (secondary N) is 2. The van der Waals surface area contributed by atoms with Gasteiger partial charge in [-0.2, -0.15) is 0 Å². The molecule has 0 aliphatic carbocycles. The lowest BCUT2D eigenvalue weighted by atomic mass is 10.0. The molecule has 6 rings (SSSR count). The first-order chi connectivity index (χ1) is 18.3. The molecule has 1 saturated heterocycles. The summed E-state index contributed by atoms with van der Waals surface area (Å²) in [7, 11) is 0. The van der Waals surface area contributed by atoms with E-state index in [0.717, 1.165) is 66.5 Å². The Kier molecular flexibility index (Phi) is 6.84. The number of rotatable bonds is 8. The van der Waals surface area contributed by atoms with Crippen LogP contribution in [0.4, 0.5) is 5.82 Å². The Morgan fingerprint density at radius 3 is 2.41 bits per heavy atom. The van der Waals surface area contributed by atoms with Gasteiger partial charge in [-0.25, -0.2) is 9.97 Å². The molecule has 1 aliphatic heterocycles. The molecule has 1 fully saturated rings. The molecule has 0 spiro atoms. The fraction of sp³-hybridized carbons (Fsp3) is 0.290. The van der Waals surface area contributed by atoms with Gasteiger partial charge >= 0.3 is 0 Å². The fourth-order valence-electron chi connectivity index (χ4n) is 5.36. The Labute approximate surface area is 218 Å². The van der Waals surface area contributed by atoms with E-state index in [1.807, 2.05) is 12.3 Å². The summed E-state index contributed by atoms with van der Waals surface area (Å²) in [5, 5.41) is 7.16. The summed E-state index contributed by atoms with van der Waals surface area (Å²) >= 11 is 0. The number of nitrogens with zero attached hydrogens (tertiary/aromatic N) is 4. The van der Waals surface area contributed by atoms with Gasteiger partial charge in [0.2, 0.25) is 0 Å². The van der Waals surface area contributed by atoms with E-state index >= 15 is 0 Å². The van der Waals surface area contributed by atoms with Crippen LogP contribution < -0.4 is 10.6 Å². The molecule has 188 valence electrons. The van der Waals surface area contributed by atoms with Gasteiger partial charge in [-0.05, 0) is 56.1 Å². The van der Waals surface area contributed by atoms with Crippen LogP contribution in [0, 0.1) is 0 Å². The van der Waals surface area contributed by atoms with Crippen LogP contribution in [0.3, 0.4) is 0 Å². The van der Waals surface area contributed by atoms with E-state index in [-0.39, 0.29) is 0 Å². The number of para-hydroxylation sites is 2. The van der Waals surface area contributed by atoms with Crippen LogP contribution in [0.1, 0.15) is 30.9 Å². The third kappa shape index (κ3) is 5.08. The summed E-state index contributed by atoms with van der Waals surface area (Å²) in [6.07, 6.45) is 4.35. The van der Waals surface area contributed by atoms with Crippen molar-refractivity contribution in [2.75, 3.05) is 25.0 Å². The molecule has 0 unspecified atom stereocenters. The highest BCUT2D eigenvalue weighted by Crippen LogP contribution is 2.28. The van der Waals surface area contributed by atoms with E-state index in [0.29, 0.717) is 6.04 Å². The van der Waals surface area contributed by atoms with Gasteiger partial charge in [-0.15, -0.1) is 0 Å². The third-order valence-corrected chi connectivity index (χ3v) is 7.35. The molecule has 5 aromatic rings. The van der Waals surface area contributed by atoms with Gasteiger partial charge in [0.15, 0.2) is 11.5 Å². The minimum atomic E-state index is 0.578. The molecule has 0 saturated carbocycles. The van der Waals surface area contributed by atoms with Crippen molar-refractivity contribution in [2.24, 2.45) is 0 Å². The Balaban J connectivity index is 1.12. The molecule has 0 radical (unpaired) electrons. The number of piperidine rings is 1. The monoisotopic (exact) mass is 490 g/mol. The molecule has 1 aliphatic rings. The van der Waals surface area contributed by atoms with E-state index in [1.165, 1.54) is 24.0 Å². The first-order valence-electron chi connectivity index (χ1n) is 13.4. The predicted octanol–water partition coefficient (Wildman–Crippen LogP) is 5.74. The lowest BCUT2D eigenvalue weighted by Crippen LogP contribution is -2.41. The summed E-state index contributed by atoms with van der Waals surface area (Å²) in [5.74, 6) is 0.822. The molecule has 6 heteroatoms. The van der Waals surface area contributed by atoms with Crippen molar-refractivity contribution >= 4 is 22.5 Å². The van der Waals surface area contributed by atoms with Crippen LogP contribution in [0.25, 0.3) is 27.9 Å². The standard InChI is InChI=1S/C31H34N6/c1-2-32-30-31-34-21-29(37(31)28-11-7-6-10-27(28)35-30)25-14-12-23(13-15-25)20-33-26-16-18-36(19-17-26)22-24-8-4-3-5-9-24/h3-15,21,26,33H,2,16-20,22H2,1H3,(H,32,35). The summed E-state index contributed by atoms with van der Waals surface area (Å²) in [4.78, 5) is 12.1. The van der Waals surface area contributed by atoms with Gasteiger partial charge in [-0.1, -0.05) is 66.7 Å². The molecular formula is C31H34N6. The quantitative estimate of drug-likeness (QED) is 0.291. The Hall–Kier alpha value is -3.74. The molecule has 6 nitrogen and oxygen atoms in total. The first kappa shape index (κ1) is 23.6. The number of benzene rings is 3. The number of imidazole rings is 1. The van der Waals surface area contributed by atoms with Crippen molar-refractivity contribution in [3.8, 4) is 11.3 Å². The van der Waals surface area contributed by atoms with Crippen LogP contribution in [-0.2, 0) is 13.1 Å². The number of aromatic nitrogens is 3. The maximum absolute atomic E-state index is 4.80. The Bertz CT molecular complexity index is 1470. The summed E-state index contributed by atoms with van der Waals surface area (Å²) in [6, 6.07) is 28.5. The molecular weight excluding hydrogens is 456 g/mol. The van der Waals surface area contributed by atoms with Gasteiger partial charge in [0, 0.05) is 31.2 Å². The SMILES string of the molecule is CCNc1nc2ccccc2n2c(-c3ccc(CNC4CCN(Cc5ccccc5)CC4)cc3)cnc12. The van der Waals surface area contributed by atoms with Crippen LogP contribution in [0.5, 0.6) is 0 Å². The van der Waals surface area contributed by atoms with Crippen LogP contribution >= 0.6 is 0 Å². The average molecular weight is 491 g/mol. The smallest absolute Gasteiger partial charge is 0.181 e. The summed E-state index contributed by atoms with van der Waals surface area (Å²) < 4.78 is 2.22. The summed E-state index contributed by atoms with van der Waals surface area (Å²) in [5.41, 5.74) is 7.84. The van der Waals surface area contributed by atoms with Gasteiger partial charge in [0.05, 0.1) is 22.9 Å². The highest BCUT2D eigenvalue weighted by Gasteiger charge is 2.19. The van der Waals surface area contributed by atoms with Crippen molar-refractivity contribution < 1.29 is 0 Å². The normalized spacial score (nSPS) is 14.9. The number of hydrogen-bond donors (Lipinski definition) is 2. The molecule has 37 heavy (non-hydrogen) atoms. The lowest BCUT2D eigenvalue weighted by molar-refractivity contribution is 0.190. The van der Waals surface area contributed by atoms with Crippen molar-refractivity contribution in [1.82, 2.24) is 24.6 Å². The van der Waals surface area contributed by atoms with Gasteiger partial charge in [-0.3, -0.25) is 9.30 Å². The number of hydrogen-bond acceptors (Lipinski definition) is 5. The van der Waals surface area contributed by atoms with Gasteiger partial charge in [0.25, 0.3) is 0 Å². The zero-order valence-electron chi connectivity index (χ0n) is 21.4. The second kappa shape index (κ2) is 10.7. The first-order valence-corrected chi connectivity index (χ1v) is 13.4. The van der Waals surface area contributed by atoms with Crippen LogP contribution in [0.15, 0.2) is 85.1 Å². The zero-order chi connectivity index (χ0) is 25.0. The molecule has 3 heterocycles. The number of anilines is 1. The third-order valence-electron chi connectivity index (χ3n) is 7.35. The largest absolute Gasteiger partial charge is 0.367 e. The number of fused-ring (bicyclic) bond motifs is 3. The van der Waals surface area contributed by atoms with Crippen molar-refractivity contribution in [1.29, 1.82) is 0 Å². The maximum Gasteiger partial charge on any atom is 0.181 e.